The van der Waals surface area contributed by atoms with Gasteiger partial charge in [0.2, 0.25) is 5.91 Å². The van der Waals surface area contributed by atoms with Gasteiger partial charge in [0.25, 0.3) is 0 Å². The van der Waals surface area contributed by atoms with Gasteiger partial charge >= 0.3 is 5.97 Å². The minimum Gasteiger partial charge on any atom is -0.478 e. The monoisotopic (exact) mass is 341 g/mol. The average Bonchev–Trinajstić information content (AvgIpc) is 3.10. The van der Waals surface area contributed by atoms with Crippen LogP contribution in [0.1, 0.15) is 46.8 Å². The lowest BCUT2D eigenvalue weighted by Crippen LogP contribution is -2.30. The number of benzene rings is 2. The molecule has 1 aliphatic rings. The number of carbonyl (C=O) groups excluding carboxylic acids is 1. The molecular formula is C20H20FNO3. The van der Waals surface area contributed by atoms with Gasteiger partial charge in [-0.25, -0.2) is 9.18 Å². The minimum absolute atomic E-state index is 0.0162. The smallest absolute Gasteiger partial charge is 0.335 e. The minimum atomic E-state index is -0.957. The maximum absolute atomic E-state index is 13.1. The van der Waals surface area contributed by atoms with Gasteiger partial charge in [-0.1, -0.05) is 24.3 Å². The summed E-state index contributed by atoms with van der Waals surface area (Å²) < 4.78 is 13.1. The molecule has 2 aromatic carbocycles. The summed E-state index contributed by atoms with van der Waals surface area (Å²) >= 11 is 0. The fourth-order valence-corrected chi connectivity index (χ4v) is 3.31. The van der Waals surface area contributed by atoms with E-state index < -0.39 is 5.97 Å². The van der Waals surface area contributed by atoms with Crippen LogP contribution in [0.4, 0.5) is 4.39 Å². The molecule has 0 radical (unpaired) electrons. The van der Waals surface area contributed by atoms with Gasteiger partial charge < -0.3 is 10.0 Å². The van der Waals surface area contributed by atoms with Gasteiger partial charge in [-0.15, -0.1) is 0 Å². The Balaban J connectivity index is 1.62. The van der Waals surface area contributed by atoms with E-state index in [-0.39, 0.29) is 23.3 Å². The van der Waals surface area contributed by atoms with E-state index >= 15 is 0 Å². The number of carboxylic acid groups (broad SMARTS) is 1. The molecule has 4 nitrogen and oxygen atoms in total. The fraction of sp³-hybridized carbons (Fsp3) is 0.300. The van der Waals surface area contributed by atoms with Crippen molar-refractivity contribution in [3.63, 3.8) is 0 Å². The van der Waals surface area contributed by atoms with Crippen LogP contribution in [0.2, 0.25) is 0 Å². The third-order valence-electron chi connectivity index (χ3n) is 4.66. The van der Waals surface area contributed by atoms with Gasteiger partial charge in [-0.3, -0.25) is 4.79 Å². The first kappa shape index (κ1) is 17.1. The lowest BCUT2D eigenvalue weighted by Gasteiger charge is -2.25. The molecule has 2 aromatic rings. The number of hydrogen-bond donors (Lipinski definition) is 1. The molecule has 1 saturated heterocycles. The van der Waals surface area contributed by atoms with Crippen LogP contribution in [0.5, 0.6) is 0 Å². The predicted molar refractivity (Wildman–Crippen MR) is 91.8 cm³/mol. The van der Waals surface area contributed by atoms with Crippen molar-refractivity contribution in [1.82, 2.24) is 4.90 Å². The number of aromatic carboxylic acids is 1. The molecule has 0 bridgehead atoms. The van der Waals surface area contributed by atoms with Crippen molar-refractivity contribution in [3.8, 4) is 0 Å². The Morgan fingerprint density at radius 1 is 1.08 bits per heavy atom. The average molecular weight is 341 g/mol. The number of carbonyl (C=O) groups is 2. The van der Waals surface area contributed by atoms with Gasteiger partial charge in [0.1, 0.15) is 5.82 Å². The van der Waals surface area contributed by atoms with E-state index in [0.717, 1.165) is 30.5 Å². The molecule has 1 fully saturated rings. The molecule has 0 unspecified atom stereocenters. The van der Waals surface area contributed by atoms with Crippen LogP contribution in [0, 0.1) is 5.82 Å². The number of carboxylic acids is 1. The van der Waals surface area contributed by atoms with E-state index in [0.29, 0.717) is 12.8 Å². The van der Waals surface area contributed by atoms with Gasteiger partial charge in [-0.05, 0) is 54.7 Å². The van der Waals surface area contributed by atoms with Crippen LogP contribution >= 0.6 is 0 Å². The molecule has 0 aromatic heterocycles. The molecule has 1 aliphatic heterocycles. The number of nitrogens with zero attached hydrogens (tertiary/aromatic N) is 1. The first-order valence-electron chi connectivity index (χ1n) is 8.42. The third kappa shape index (κ3) is 4.05. The summed E-state index contributed by atoms with van der Waals surface area (Å²) in [6.07, 6.45) is 2.79. The number of amides is 1. The van der Waals surface area contributed by atoms with Crippen molar-refractivity contribution in [1.29, 1.82) is 0 Å². The van der Waals surface area contributed by atoms with Crippen molar-refractivity contribution in [2.75, 3.05) is 6.54 Å². The third-order valence-corrected chi connectivity index (χ3v) is 4.66. The zero-order valence-corrected chi connectivity index (χ0v) is 13.8. The van der Waals surface area contributed by atoms with Crippen LogP contribution in [0.15, 0.2) is 48.5 Å². The van der Waals surface area contributed by atoms with Crippen LogP contribution in [0.25, 0.3) is 0 Å². The van der Waals surface area contributed by atoms with Crippen LogP contribution in [-0.2, 0) is 11.2 Å². The molecule has 5 heteroatoms. The zero-order chi connectivity index (χ0) is 17.8. The van der Waals surface area contributed by atoms with Crippen LogP contribution in [-0.4, -0.2) is 28.4 Å². The highest BCUT2D eigenvalue weighted by Gasteiger charge is 2.29. The number of halogens is 1. The quantitative estimate of drug-likeness (QED) is 0.899. The van der Waals surface area contributed by atoms with Crippen molar-refractivity contribution < 1.29 is 19.1 Å². The number of hydrogen-bond acceptors (Lipinski definition) is 2. The second kappa shape index (κ2) is 7.47. The summed E-state index contributed by atoms with van der Waals surface area (Å²) in [6.45, 7) is 0.721. The van der Waals surface area contributed by atoms with Gasteiger partial charge in [-0.2, -0.15) is 0 Å². The highest BCUT2D eigenvalue weighted by Crippen LogP contribution is 2.32. The summed E-state index contributed by atoms with van der Waals surface area (Å²) in [5, 5.41) is 8.91. The van der Waals surface area contributed by atoms with Crippen molar-refractivity contribution >= 4 is 11.9 Å². The second-order valence-electron chi connectivity index (χ2n) is 6.30. The van der Waals surface area contributed by atoms with Crippen LogP contribution < -0.4 is 0 Å². The number of aryl methyl sites for hydroxylation is 1. The molecule has 1 N–H and O–H groups in total. The summed E-state index contributed by atoms with van der Waals surface area (Å²) in [6, 6.07) is 13.0. The van der Waals surface area contributed by atoms with Crippen LogP contribution in [0.3, 0.4) is 0 Å². The SMILES string of the molecule is O=C(O)c1ccc(CCC(=O)N2CCC[C@H]2c2ccc(F)cc2)cc1. The van der Waals surface area contributed by atoms with E-state index in [1.807, 2.05) is 4.90 Å². The molecule has 1 atom stereocenters. The van der Waals surface area contributed by atoms with Gasteiger partial charge in [0, 0.05) is 13.0 Å². The maximum Gasteiger partial charge on any atom is 0.335 e. The van der Waals surface area contributed by atoms with Crippen molar-refractivity contribution in [2.24, 2.45) is 0 Å². The highest BCUT2D eigenvalue weighted by atomic mass is 19.1. The molecular weight excluding hydrogens is 321 g/mol. The molecule has 1 heterocycles. The Labute approximate surface area is 145 Å². The Morgan fingerprint density at radius 3 is 2.40 bits per heavy atom. The Hall–Kier alpha value is -2.69. The molecule has 25 heavy (non-hydrogen) atoms. The van der Waals surface area contributed by atoms with E-state index in [1.165, 1.54) is 12.1 Å². The predicted octanol–water partition coefficient (Wildman–Crippen LogP) is 3.82. The number of rotatable bonds is 5. The maximum atomic E-state index is 13.1. The lowest BCUT2D eigenvalue weighted by molar-refractivity contribution is -0.132. The first-order valence-corrected chi connectivity index (χ1v) is 8.42. The molecule has 130 valence electrons. The number of likely N-dealkylation sites (tertiary alicyclic amines) is 1. The van der Waals surface area contributed by atoms with E-state index in [1.54, 1.807) is 36.4 Å². The largest absolute Gasteiger partial charge is 0.478 e. The molecule has 0 saturated carbocycles. The summed E-state index contributed by atoms with van der Waals surface area (Å²) in [7, 11) is 0. The summed E-state index contributed by atoms with van der Waals surface area (Å²) in [5.74, 6) is -1.15. The Kier molecular flexibility index (Phi) is 5.12. The van der Waals surface area contributed by atoms with E-state index in [9.17, 15) is 14.0 Å². The normalized spacial score (nSPS) is 16.8. The standard InChI is InChI=1S/C20H20FNO3/c21-17-10-8-15(9-11-17)18-2-1-13-22(18)19(23)12-5-14-3-6-16(7-4-14)20(24)25/h3-4,6-11,18H,1-2,5,12-13H2,(H,24,25)/t18-/m0/s1. The van der Waals surface area contributed by atoms with E-state index in [4.69, 9.17) is 5.11 Å². The Bertz CT molecular complexity index is 756. The summed E-state index contributed by atoms with van der Waals surface area (Å²) in [4.78, 5) is 25.3. The van der Waals surface area contributed by atoms with Gasteiger partial charge in [0.05, 0.1) is 11.6 Å². The van der Waals surface area contributed by atoms with Gasteiger partial charge in [0.15, 0.2) is 0 Å². The molecule has 1 amide bonds. The Morgan fingerprint density at radius 2 is 1.76 bits per heavy atom. The highest BCUT2D eigenvalue weighted by molar-refractivity contribution is 5.87. The second-order valence-corrected chi connectivity index (χ2v) is 6.30. The molecule has 3 rings (SSSR count). The summed E-state index contributed by atoms with van der Waals surface area (Å²) in [5.41, 5.74) is 2.15. The van der Waals surface area contributed by atoms with Crippen molar-refractivity contribution in [3.05, 3.63) is 71.0 Å². The van der Waals surface area contributed by atoms with E-state index in [2.05, 4.69) is 0 Å². The molecule has 0 aliphatic carbocycles. The zero-order valence-electron chi connectivity index (χ0n) is 13.8. The van der Waals surface area contributed by atoms with Crippen molar-refractivity contribution in [2.45, 2.75) is 31.7 Å². The first-order chi connectivity index (χ1) is 12.0. The lowest BCUT2D eigenvalue weighted by atomic mass is 10.0. The molecule has 0 spiro atoms. The fourth-order valence-electron chi connectivity index (χ4n) is 3.31. The topological polar surface area (TPSA) is 57.6 Å².